The summed E-state index contributed by atoms with van der Waals surface area (Å²) in [4.78, 5) is 10.6. The average Bonchev–Trinajstić information content (AvgIpc) is 2.08. The molecule has 4 nitrogen and oxygen atoms in total. The maximum atomic E-state index is 10.6. The van der Waals surface area contributed by atoms with Gasteiger partial charge in [-0.25, -0.2) is 15.6 Å². The van der Waals surface area contributed by atoms with Crippen LogP contribution in [0.5, 0.6) is 0 Å². The van der Waals surface area contributed by atoms with Gasteiger partial charge in [-0.1, -0.05) is 23.2 Å². The Balaban J connectivity index is 3.03. The Hall–Kier alpha value is -0.970. The molecule has 0 aromatic heterocycles. The maximum Gasteiger partial charge on any atom is 0.333 e. The van der Waals surface area contributed by atoms with Crippen LogP contribution < -0.4 is 16.6 Å². The van der Waals surface area contributed by atoms with E-state index in [-0.39, 0.29) is 0 Å². The van der Waals surface area contributed by atoms with Crippen LogP contribution in [0.2, 0.25) is 10.0 Å². The molecule has 0 aliphatic rings. The van der Waals surface area contributed by atoms with Crippen molar-refractivity contribution in [2.24, 2.45) is 11.6 Å². The molecule has 1 aromatic rings. The van der Waals surface area contributed by atoms with Gasteiger partial charge in [0.2, 0.25) is 0 Å². The Morgan fingerprint density at radius 2 is 1.92 bits per heavy atom. The molecule has 4 N–H and O–H groups in total. The zero-order valence-electron chi connectivity index (χ0n) is 6.50. The molecule has 1 rings (SSSR count). The van der Waals surface area contributed by atoms with Crippen LogP contribution in [-0.2, 0) is 0 Å². The zero-order valence-corrected chi connectivity index (χ0v) is 8.01. The number of carbonyl (C=O) groups is 1. The topological polar surface area (TPSA) is 72.4 Å². The summed E-state index contributed by atoms with van der Waals surface area (Å²) in [5, 5.41) is 1.49. The minimum Gasteiger partial charge on any atom is -0.350 e. The third-order valence-corrected chi connectivity index (χ3v) is 2.16. The van der Waals surface area contributed by atoms with E-state index in [1.54, 1.807) is 6.07 Å². The molecule has 0 atom stereocenters. The van der Waals surface area contributed by atoms with Crippen LogP contribution in [0.3, 0.4) is 0 Å². The van der Waals surface area contributed by atoms with Crippen molar-refractivity contribution < 1.29 is 4.79 Å². The normalized spacial score (nSPS) is 9.77. The molecule has 0 saturated heterocycles. The summed E-state index contributed by atoms with van der Waals surface area (Å²) < 4.78 is 0. The molecule has 0 unspecified atom stereocenters. The number of primary amides is 1. The number of benzene rings is 1. The van der Waals surface area contributed by atoms with Crippen molar-refractivity contribution in [1.29, 1.82) is 0 Å². The second-order valence-electron chi connectivity index (χ2n) is 2.31. The van der Waals surface area contributed by atoms with E-state index in [1.165, 1.54) is 12.1 Å². The summed E-state index contributed by atoms with van der Waals surface area (Å²) in [5.74, 6) is 5.31. The molecule has 0 spiro atoms. The highest BCUT2D eigenvalue weighted by atomic mass is 35.5. The fraction of sp³-hybridized carbons (Fsp3) is 0. The smallest absolute Gasteiger partial charge is 0.333 e. The van der Waals surface area contributed by atoms with E-state index < -0.39 is 6.03 Å². The number of carbonyl (C=O) groups excluding carboxylic acids is 1. The van der Waals surface area contributed by atoms with E-state index in [0.717, 1.165) is 5.01 Å². The van der Waals surface area contributed by atoms with Gasteiger partial charge in [0.25, 0.3) is 0 Å². The van der Waals surface area contributed by atoms with Crippen LogP contribution >= 0.6 is 23.2 Å². The molecule has 6 heteroatoms. The predicted molar refractivity (Wildman–Crippen MR) is 52.7 cm³/mol. The molecule has 70 valence electrons. The Labute approximate surface area is 85.0 Å². The van der Waals surface area contributed by atoms with Gasteiger partial charge in [0.05, 0.1) is 15.7 Å². The second kappa shape index (κ2) is 3.83. The van der Waals surface area contributed by atoms with Crippen molar-refractivity contribution in [2.45, 2.75) is 0 Å². The van der Waals surface area contributed by atoms with Crippen molar-refractivity contribution in [3.63, 3.8) is 0 Å². The molecule has 13 heavy (non-hydrogen) atoms. The molecular weight excluding hydrogens is 213 g/mol. The maximum absolute atomic E-state index is 10.6. The molecule has 0 heterocycles. The first-order valence-electron chi connectivity index (χ1n) is 3.31. The number of anilines is 1. The number of hydrazine groups is 1. The van der Waals surface area contributed by atoms with Gasteiger partial charge >= 0.3 is 6.03 Å². The minimum atomic E-state index is -0.765. The van der Waals surface area contributed by atoms with Crippen LogP contribution in [0.4, 0.5) is 10.5 Å². The SMILES string of the molecule is NC(=O)N(N)c1ccc(Cl)c(Cl)c1. The Kier molecular flexibility index (Phi) is 2.98. The van der Waals surface area contributed by atoms with Gasteiger partial charge in [-0.3, -0.25) is 0 Å². The average molecular weight is 220 g/mol. The number of urea groups is 1. The number of nitrogens with two attached hydrogens (primary N) is 2. The Morgan fingerprint density at radius 1 is 1.31 bits per heavy atom. The van der Waals surface area contributed by atoms with Crippen molar-refractivity contribution >= 4 is 34.9 Å². The number of rotatable bonds is 1. The summed E-state index contributed by atoms with van der Waals surface area (Å²) in [6.07, 6.45) is 0. The number of halogens is 2. The van der Waals surface area contributed by atoms with Gasteiger partial charge in [-0.15, -0.1) is 0 Å². The van der Waals surface area contributed by atoms with Crippen molar-refractivity contribution in [3.05, 3.63) is 28.2 Å². The molecular formula is C7H7Cl2N3O. The molecule has 0 aliphatic carbocycles. The number of hydrogen-bond acceptors (Lipinski definition) is 2. The van der Waals surface area contributed by atoms with E-state index in [2.05, 4.69) is 0 Å². The quantitative estimate of drug-likeness (QED) is 0.430. The monoisotopic (exact) mass is 219 g/mol. The van der Waals surface area contributed by atoms with Crippen LogP contribution in [0.1, 0.15) is 0 Å². The van der Waals surface area contributed by atoms with Crippen LogP contribution in [0, 0.1) is 0 Å². The number of nitrogens with zero attached hydrogens (tertiary/aromatic N) is 1. The lowest BCUT2D eigenvalue weighted by atomic mass is 10.3. The summed E-state index contributed by atoms with van der Waals surface area (Å²) in [6, 6.07) is 3.76. The highest BCUT2D eigenvalue weighted by Gasteiger charge is 2.08. The van der Waals surface area contributed by atoms with E-state index >= 15 is 0 Å². The van der Waals surface area contributed by atoms with Crippen molar-refractivity contribution in [3.8, 4) is 0 Å². The largest absolute Gasteiger partial charge is 0.350 e. The first-order chi connectivity index (χ1) is 6.02. The molecule has 0 fully saturated rings. The number of hydrogen-bond donors (Lipinski definition) is 2. The van der Waals surface area contributed by atoms with Crippen LogP contribution in [0.25, 0.3) is 0 Å². The molecule has 0 bridgehead atoms. The lowest BCUT2D eigenvalue weighted by Crippen LogP contribution is -2.41. The van der Waals surface area contributed by atoms with E-state index in [0.29, 0.717) is 15.7 Å². The highest BCUT2D eigenvalue weighted by molar-refractivity contribution is 6.42. The van der Waals surface area contributed by atoms with Crippen molar-refractivity contribution in [2.75, 3.05) is 5.01 Å². The third-order valence-electron chi connectivity index (χ3n) is 1.42. The van der Waals surface area contributed by atoms with E-state index in [4.69, 9.17) is 34.8 Å². The number of amides is 2. The fourth-order valence-electron chi connectivity index (χ4n) is 0.762. The van der Waals surface area contributed by atoms with Crippen LogP contribution in [0.15, 0.2) is 18.2 Å². The molecule has 0 saturated carbocycles. The van der Waals surface area contributed by atoms with Crippen molar-refractivity contribution in [1.82, 2.24) is 0 Å². The molecule has 1 aromatic carbocycles. The summed E-state index contributed by atoms with van der Waals surface area (Å²) in [6.45, 7) is 0. The molecule has 0 radical (unpaired) electrons. The Morgan fingerprint density at radius 3 is 2.38 bits per heavy atom. The van der Waals surface area contributed by atoms with Gasteiger partial charge in [0.1, 0.15) is 0 Å². The summed E-state index contributed by atoms with van der Waals surface area (Å²) >= 11 is 11.4. The van der Waals surface area contributed by atoms with Gasteiger partial charge in [0.15, 0.2) is 0 Å². The summed E-state index contributed by atoms with van der Waals surface area (Å²) in [7, 11) is 0. The lowest BCUT2D eigenvalue weighted by Gasteiger charge is -2.13. The standard InChI is InChI=1S/C7H7Cl2N3O/c8-5-2-1-4(3-6(5)9)12(11)7(10)13/h1-3H,11H2,(H2,10,13). The zero-order chi connectivity index (χ0) is 10.0. The van der Waals surface area contributed by atoms with E-state index in [9.17, 15) is 4.79 Å². The predicted octanol–water partition coefficient (Wildman–Crippen LogP) is 1.75. The molecule has 0 aliphatic heterocycles. The second-order valence-corrected chi connectivity index (χ2v) is 3.12. The van der Waals surface area contributed by atoms with Crippen LogP contribution in [-0.4, -0.2) is 6.03 Å². The first-order valence-corrected chi connectivity index (χ1v) is 4.07. The fourth-order valence-corrected chi connectivity index (χ4v) is 1.05. The third kappa shape index (κ3) is 2.24. The highest BCUT2D eigenvalue weighted by Crippen LogP contribution is 2.25. The minimum absolute atomic E-state index is 0.316. The lowest BCUT2D eigenvalue weighted by molar-refractivity contribution is 0.254. The van der Waals surface area contributed by atoms with Gasteiger partial charge < -0.3 is 5.73 Å². The van der Waals surface area contributed by atoms with Gasteiger partial charge in [-0.05, 0) is 18.2 Å². The Bertz CT molecular complexity index is 343. The summed E-state index contributed by atoms with van der Waals surface area (Å²) in [5.41, 5.74) is 5.33. The first kappa shape index (κ1) is 10.1. The van der Waals surface area contributed by atoms with E-state index in [1.807, 2.05) is 0 Å². The van der Waals surface area contributed by atoms with Gasteiger partial charge in [-0.2, -0.15) is 0 Å². The molecule has 2 amide bonds. The van der Waals surface area contributed by atoms with Gasteiger partial charge in [0, 0.05) is 0 Å².